The van der Waals surface area contributed by atoms with Crippen LogP contribution in [0.25, 0.3) is 10.9 Å². The molecular weight excluding hydrogens is 283 g/mol. The first kappa shape index (κ1) is 15.4. The van der Waals surface area contributed by atoms with Gasteiger partial charge in [0.25, 0.3) is 0 Å². The molecule has 7 heteroatoms. The Morgan fingerprint density at radius 3 is 2.57 bits per heavy atom. The van der Waals surface area contributed by atoms with Gasteiger partial charge in [-0.1, -0.05) is 0 Å². The Balaban J connectivity index is 2.59. The van der Waals surface area contributed by atoms with Crippen molar-refractivity contribution in [3.05, 3.63) is 40.2 Å². The minimum atomic E-state index is -4.57. The van der Waals surface area contributed by atoms with Gasteiger partial charge in [-0.15, -0.1) is 0 Å². The molecule has 114 valence electrons. The van der Waals surface area contributed by atoms with Crippen LogP contribution in [0.15, 0.2) is 29.1 Å². The summed E-state index contributed by atoms with van der Waals surface area (Å²) in [6.07, 6.45) is -4.57. The molecule has 4 nitrogen and oxygen atoms in total. The van der Waals surface area contributed by atoms with E-state index in [-0.39, 0.29) is 16.9 Å². The SMILES string of the molecule is C[C@@H](N)CNc1ccc2c(=O)cc(C(F)(F)F)n(C)c2c1. The zero-order valence-electron chi connectivity index (χ0n) is 11.7. The number of nitrogens with two attached hydrogens (primary N) is 1. The lowest BCUT2D eigenvalue weighted by Gasteiger charge is -2.16. The molecule has 0 spiro atoms. The summed E-state index contributed by atoms with van der Waals surface area (Å²) in [5.74, 6) is 0. The first-order chi connectivity index (χ1) is 9.70. The molecule has 2 aromatic rings. The van der Waals surface area contributed by atoms with E-state index in [1.54, 1.807) is 6.07 Å². The summed E-state index contributed by atoms with van der Waals surface area (Å²) in [6.45, 7) is 2.30. The highest BCUT2D eigenvalue weighted by Crippen LogP contribution is 2.30. The van der Waals surface area contributed by atoms with E-state index in [1.807, 2.05) is 6.92 Å². The van der Waals surface area contributed by atoms with Gasteiger partial charge in [0.05, 0.1) is 5.52 Å². The molecule has 0 saturated carbocycles. The van der Waals surface area contributed by atoms with Crippen LogP contribution in [0, 0.1) is 0 Å². The number of aromatic nitrogens is 1. The van der Waals surface area contributed by atoms with Crippen LogP contribution in [0.2, 0.25) is 0 Å². The molecule has 0 fully saturated rings. The molecule has 0 bridgehead atoms. The summed E-state index contributed by atoms with van der Waals surface area (Å²) >= 11 is 0. The van der Waals surface area contributed by atoms with Crippen LogP contribution in [0.3, 0.4) is 0 Å². The number of nitrogens with one attached hydrogen (secondary N) is 1. The molecule has 1 aromatic carbocycles. The number of hydrogen-bond acceptors (Lipinski definition) is 3. The molecule has 2 rings (SSSR count). The van der Waals surface area contributed by atoms with E-state index in [0.29, 0.717) is 18.3 Å². The lowest BCUT2D eigenvalue weighted by atomic mass is 10.1. The molecule has 0 radical (unpaired) electrons. The second-order valence-electron chi connectivity index (χ2n) is 5.04. The van der Waals surface area contributed by atoms with E-state index < -0.39 is 17.3 Å². The molecule has 3 N–H and O–H groups in total. The number of halogens is 3. The van der Waals surface area contributed by atoms with Gasteiger partial charge >= 0.3 is 6.18 Å². The fraction of sp³-hybridized carbons (Fsp3) is 0.357. The largest absolute Gasteiger partial charge is 0.431 e. The van der Waals surface area contributed by atoms with Crippen LogP contribution in [0.1, 0.15) is 12.6 Å². The number of hydrogen-bond donors (Lipinski definition) is 2. The topological polar surface area (TPSA) is 60.0 Å². The summed E-state index contributed by atoms with van der Waals surface area (Å²) in [5, 5.41) is 3.27. The number of alkyl halides is 3. The third-order valence-electron chi connectivity index (χ3n) is 3.17. The lowest BCUT2D eigenvalue weighted by molar-refractivity contribution is -0.143. The molecule has 0 aliphatic rings. The normalized spacial score (nSPS) is 13.4. The molecule has 1 atom stereocenters. The van der Waals surface area contributed by atoms with Gasteiger partial charge in [-0.2, -0.15) is 13.2 Å². The fourth-order valence-electron chi connectivity index (χ4n) is 2.11. The Morgan fingerprint density at radius 1 is 1.33 bits per heavy atom. The van der Waals surface area contributed by atoms with Gasteiger partial charge < -0.3 is 15.6 Å². The second-order valence-corrected chi connectivity index (χ2v) is 5.04. The Labute approximate surface area is 119 Å². The van der Waals surface area contributed by atoms with Crippen LogP contribution >= 0.6 is 0 Å². The van der Waals surface area contributed by atoms with Crippen LogP contribution in [-0.2, 0) is 13.2 Å². The maximum atomic E-state index is 12.9. The monoisotopic (exact) mass is 299 g/mol. The molecule has 0 unspecified atom stereocenters. The third kappa shape index (κ3) is 3.18. The third-order valence-corrected chi connectivity index (χ3v) is 3.17. The van der Waals surface area contributed by atoms with Gasteiger partial charge in [-0.25, -0.2) is 0 Å². The number of pyridine rings is 1. The first-order valence-corrected chi connectivity index (χ1v) is 6.40. The van der Waals surface area contributed by atoms with Crippen molar-refractivity contribution in [1.82, 2.24) is 4.57 Å². The van der Waals surface area contributed by atoms with Crippen LogP contribution in [0.5, 0.6) is 0 Å². The van der Waals surface area contributed by atoms with Gasteiger partial charge in [-0.3, -0.25) is 4.79 Å². The number of fused-ring (bicyclic) bond motifs is 1. The smallest absolute Gasteiger partial charge is 0.383 e. The number of rotatable bonds is 3. The van der Waals surface area contributed by atoms with Crippen molar-refractivity contribution in [2.45, 2.75) is 19.1 Å². The van der Waals surface area contributed by atoms with Crippen LogP contribution < -0.4 is 16.5 Å². The first-order valence-electron chi connectivity index (χ1n) is 6.40. The summed E-state index contributed by atoms with van der Waals surface area (Å²) in [7, 11) is 1.29. The second kappa shape index (κ2) is 5.40. The quantitative estimate of drug-likeness (QED) is 0.914. The summed E-state index contributed by atoms with van der Waals surface area (Å²) in [6, 6.07) is 5.22. The standard InChI is InChI=1S/C14H16F3N3O/c1-8(18)7-19-9-3-4-10-11(5-9)20(2)13(6-12(10)21)14(15,16)17/h3-6,8,19H,7,18H2,1-2H3/t8-/m1/s1. The maximum absolute atomic E-state index is 12.9. The Bertz CT molecular complexity index is 720. The maximum Gasteiger partial charge on any atom is 0.431 e. The van der Waals surface area contributed by atoms with E-state index in [2.05, 4.69) is 5.32 Å². The van der Waals surface area contributed by atoms with Gasteiger partial charge in [0.2, 0.25) is 0 Å². The average Bonchev–Trinajstić information content (AvgIpc) is 2.39. The average molecular weight is 299 g/mol. The number of aryl methyl sites for hydroxylation is 1. The Hall–Kier alpha value is -2.02. The molecule has 21 heavy (non-hydrogen) atoms. The lowest BCUT2D eigenvalue weighted by Crippen LogP contribution is -2.25. The van der Waals surface area contributed by atoms with Gasteiger partial charge in [-0.05, 0) is 25.1 Å². The van der Waals surface area contributed by atoms with E-state index in [0.717, 1.165) is 4.57 Å². The molecule has 0 aliphatic heterocycles. The molecule has 0 amide bonds. The van der Waals surface area contributed by atoms with Crippen molar-refractivity contribution in [2.75, 3.05) is 11.9 Å². The molecular formula is C14H16F3N3O. The fourth-order valence-corrected chi connectivity index (χ4v) is 2.11. The highest BCUT2D eigenvalue weighted by Gasteiger charge is 2.34. The Kier molecular flexibility index (Phi) is 3.95. The summed E-state index contributed by atoms with van der Waals surface area (Å²) < 4.78 is 39.7. The molecule has 0 saturated heterocycles. The van der Waals surface area contributed by atoms with Crippen molar-refractivity contribution in [1.29, 1.82) is 0 Å². The number of benzene rings is 1. The van der Waals surface area contributed by atoms with Gasteiger partial charge in [0, 0.05) is 36.8 Å². The van der Waals surface area contributed by atoms with Gasteiger partial charge in [0.1, 0.15) is 5.69 Å². The summed E-state index contributed by atoms with van der Waals surface area (Å²) in [4.78, 5) is 11.8. The van der Waals surface area contributed by atoms with Crippen molar-refractivity contribution < 1.29 is 13.2 Å². The van der Waals surface area contributed by atoms with E-state index in [1.165, 1.54) is 19.2 Å². The highest BCUT2D eigenvalue weighted by molar-refractivity contribution is 5.83. The minimum absolute atomic E-state index is 0.0916. The van der Waals surface area contributed by atoms with Crippen LogP contribution in [-0.4, -0.2) is 17.2 Å². The van der Waals surface area contributed by atoms with Crippen molar-refractivity contribution in [3.63, 3.8) is 0 Å². The van der Waals surface area contributed by atoms with E-state index >= 15 is 0 Å². The molecule has 1 heterocycles. The predicted molar refractivity (Wildman–Crippen MR) is 76.3 cm³/mol. The summed E-state index contributed by atoms with van der Waals surface area (Å²) in [5.41, 5.74) is 4.86. The van der Waals surface area contributed by atoms with Crippen LogP contribution in [0.4, 0.5) is 18.9 Å². The minimum Gasteiger partial charge on any atom is -0.383 e. The highest BCUT2D eigenvalue weighted by atomic mass is 19.4. The van der Waals surface area contributed by atoms with Crippen molar-refractivity contribution in [2.24, 2.45) is 12.8 Å². The number of anilines is 1. The van der Waals surface area contributed by atoms with E-state index in [9.17, 15) is 18.0 Å². The zero-order valence-corrected chi connectivity index (χ0v) is 11.7. The van der Waals surface area contributed by atoms with Crippen molar-refractivity contribution in [3.8, 4) is 0 Å². The van der Waals surface area contributed by atoms with Gasteiger partial charge in [0.15, 0.2) is 5.43 Å². The molecule has 0 aliphatic carbocycles. The molecule has 1 aromatic heterocycles. The van der Waals surface area contributed by atoms with Crippen molar-refractivity contribution >= 4 is 16.6 Å². The predicted octanol–water partition coefficient (Wildman–Crippen LogP) is 2.32. The zero-order chi connectivity index (χ0) is 15.8. The Morgan fingerprint density at radius 2 is 2.00 bits per heavy atom. The van der Waals surface area contributed by atoms with E-state index in [4.69, 9.17) is 5.73 Å². The number of nitrogens with zero attached hydrogens (tertiary/aromatic N) is 1.